The number of benzene rings is 1. The van der Waals surface area contributed by atoms with Gasteiger partial charge in [-0.2, -0.15) is 0 Å². The lowest BCUT2D eigenvalue weighted by atomic mass is 9.98. The molecule has 1 saturated heterocycles. The van der Waals surface area contributed by atoms with Gasteiger partial charge in [-0.3, -0.25) is 19.6 Å². The van der Waals surface area contributed by atoms with Crippen LogP contribution in [0.3, 0.4) is 0 Å². The Kier molecular flexibility index (Phi) is 4.90. The number of piperidine rings is 1. The summed E-state index contributed by atoms with van der Waals surface area (Å²) in [6.45, 7) is 4.45. The lowest BCUT2D eigenvalue weighted by Gasteiger charge is -2.35. The summed E-state index contributed by atoms with van der Waals surface area (Å²) in [6, 6.07) is 12.8. The van der Waals surface area contributed by atoms with E-state index in [1.165, 1.54) is 18.4 Å². The molecular weight excluding hydrogens is 378 g/mol. The zero-order chi connectivity index (χ0) is 20.7. The number of amides is 1. The third kappa shape index (κ3) is 3.43. The molecule has 30 heavy (non-hydrogen) atoms. The Morgan fingerprint density at radius 2 is 2.03 bits per heavy atom. The number of hydrogen-bond donors (Lipinski definition) is 1. The number of nitrogens with zero attached hydrogens (tertiary/aromatic N) is 4. The predicted octanol–water partition coefficient (Wildman–Crippen LogP) is 2.65. The van der Waals surface area contributed by atoms with Crippen molar-refractivity contribution in [2.24, 2.45) is 0 Å². The van der Waals surface area contributed by atoms with Gasteiger partial charge in [-0.05, 0) is 24.9 Å². The number of hydrogen-bond acceptors (Lipinski definition) is 4. The molecule has 7 nitrogen and oxygen atoms in total. The number of aromatic amines is 1. The van der Waals surface area contributed by atoms with Gasteiger partial charge >= 0.3 is 0 Å². The monoisotopic (exact) mass is 405 g/mol. The average molecular weight is 406 g/mol. The van der Waals surface area contributed by atoms with E-state index < -0.39 is 0 Å². The van der Waals surface area contributed by atoms with Crippen molar-refractivity contribution in [1.29, 1.82) is 0 Å². The summed E-state index contributed by atoms with van der Waals surface area (Å²) in [7, 11) is 0. The normalized spacial score (nSPS) is 19.8. The molecule has 0 unspecified atom stereocenters. The van der Waals surface area contributed by atoms with Crippen LogP contribution in [0.25, 0.3) is 5.65 Å². The molecule has 1 amide bonds. The third-order valence-corrected chi connectivity index (χ3v) is 6.43. The van der Waals surface area contributed by atoms with Crippen molar-refractivity contribution in [3.8, 4) is 0 Å². The summed E-state index contributed by atoms with van der Waals surface area (Å²) in [5.74, 6) is -0.00363. The Bertz CT molecular complexity index is 1130. The molecule has 0 saturated carbocycles. The zero-order valence-electron chi connectivity index (χ0n) is 17.3. The third-order valence-electron chi connectivity index (χ3n) is 6.43. The fourth-order valence-corrected chi connectivity index (χ4v) is 4.79. The quantitative estimate of drug-likeness (QED) is 0.727. The molecule has 0 bridgehead atoms. The molecule has 1 fully saturated rings. The van der Waals surface area contributed by atoms with Crippen molar-refractivity contribution in [2.45, 2.75) is 51.7 Å². The maximum Gasteiger partial charge on any atom is 0.277 e. The molecule has 2 aliphatic heterocycles. The van der Waals surface area contributed by atoms with Gasteiger partial charge in [-0.1, -0.05) is 36.8 Å². The molecule has 1 aromatic carbocycles. The van der Waals surface area contributed by atoms with Gasteiger partial charge in [0, 0.05) is 32.5 Å². The second-order valence-electron chi connectivity index (χ2n) is 8.41. The van der Waals surface area contributed by atoms with E-state index in [1.807, 2.05) is 12.1 Å². The van der Waals surface area contributed by atoms with Crippen molar-refractivity contribution in [2.75, 3.05) is 13.1 Å². The van der Waals surface area contributed by atoms with E-state index in [9.17, 15) is 9.59 Å². The van der Waals surface area contributed by atoms with Crippen LogP contribution >= 0.6 is 0 Å². The Balaban J connectivity index is 1.49. The Hall–Kier alpha value is -2.93. The first-order valence-electron chi connectivity index (χ1n) is 10.8. The molecule has 156 valence electrons. The lowest BCUT2D eigenvalue weighted by Crippen LogP contribution is -2.39. The predicted molar refractivity (Wildman–Crippen MR) is 114 cm³/mol. The van der Waals surface area contributed by atoms with E-state index >= 15 is 0 Å². The van der Waals surface area contributed by atoms with Crippen LogP contribution in [0.2, 0.25) is 0 Å². The van der Waals surface area contributed by atoms with Crippen LogP contribution in [0.5, 0.6) is 0 Å². The average Bonchev–Trinajstić information content (AvgIpc) is 3.19. The standard InChI is InChI=1S/C23H27N5O2/c1-16(29)26-12-10-19-18(15-26)23(30)28-22(24-19)13-20(25-28)21-9-5-6-11-27(21)14-17-7-3-2-4-8-17/h2-4,7-8,13,21,25H,5-6,9-12,14-15H2,1H3/t21-/m1/s1. The Morgan fingerprint density at radius 1 is 1.20 bits per heavy atom. The number of nitrogens with one attached hydrogen (secondary N) is 1. The summed E-state index contributed by atoms with van der Waals surface area (Å²) in [6.07, 6.45) is 4.06. The van der Waals surface area contributed by atoms with Crippen LogP contribution < -0.4 is 5.56 Å². The second kappa shape index (κ2) is 7.72. The second-order valence-corrected chi connectivity index (χ2v) is 8.41. The smallest absolute Gasteiger partial charge is 0.277 e. The first kappa shape index (κ1) is 19.1. The minimum Gasteiger partial charge on any atom is -0.338 e. The van der Waals surface area contributed by atoms with E-state index in [0.717, 1.165) is 30.9 Å². The molecule has 0 spiro atoms. The van der Waals surface area contributed by atoms with Crippen LogP contribution in [-0.2, 0) is 24.3 Å². The number of fused-ring (bicyclic) bond motifs is 2. The van der Waals surface area contributed by atoms with Crippen molar-refractivity contribution >= 4 is 11.6 Å². The summed E-state index contributed by atoms with van der Waals surface area (Å²) in [5, 5.41) is 3.34. The molecule has 2 aliphatic rings. The highest BCUT2D eigenvalue weighted by atomic mass is 16.2. The first-order chi connectivity index (χ1) is 14.6. The van der Waals surface area contributed by atoms with Crippen molar-refractivity contribution in [1.82, 2.24) is 24.4 Å². The molecule has 0 aliphatic carbocycles. The van der Waals surface area contributed by atoms with Crippen LogP contribution in [0, 0.1) is 0 Å². The van der Waals surface area contributed by atoms with Crippen LogP contribution in [0.1, 0.15) is 54.7 Å². The van der Waals surface area contributed by atoms with E-state index in [2.05, 4.69) is 34.3 Å². The van der Waals surface area contributed by atoms with E-state index in [0.29, 0.717) is 30.7 Å². The van der Waals surface area contributed by atoms with Crippen molar-refractivity contribution < 1.29 is 4.79 Å². The van der Waals surface area contributed by atoms with E-state index in [1.54, 1.807) is 16.3 Å². The maximum absolute atomic E-state index is 13.2. The molecular formula is C23H27N5O2. The molecule has 4 heterocycles. The topological polar surface area (TPSA) is 73.7 Å². The summed E-state index contributed by atoms with van der Waals surface area (Å²) in [5.41, 5.74) is 4.39. The number of aromatic nitrogens is 3. The van der Waals surface area contributed by atoms with Gasteiger partial charge in [-0.25, -0.2) is 9.50 Å². The fraction of sp³-hybridized carbons (Fsp3) is 0.435. The van der Waals surface area contributed by atoms with Crippen molar-refractivity contribution in [3.63, 3.8) is 0 Å². The summed E-state index contributed by atoms with van der Waals surface area (Å²) >= 11 is 0. The molecule has 1 N–H and O–H groups in total. The van der Waals surface area contributed by atoms with Gasteiger partial charge in [0.1, 0.15) is 0 Å². The van der Waals surface area contributed by atoms with Gasteiger partial charge in [0.05, 0.1) is 29.5 Å². The van der Waals surface area contributed by atoms with Crippen molar-refractivity contribution in [3.05, 3.63) is 69.3 Å². The molecule has 1 atom stereocenters. The van der Waals surface area contributed by atoms with Crippen LogP contribution in [0.4, 0.5) is 0 Å². The maximum atomic E-state index is 13.2. The van der Waals surface area contributed by atoms with E-state index in [4.69, 9.17) is 4.98 Å². The van der Waals surface area contributed by atoms with Gasteiger partial charge in [0.25, 0.3) is 5.56 Å². The molecule has 3 aromatic rings. The minimum absolute atomic E-state index is 0.00363. The highest BCUT2D eigenvalue weighted by Gasteiger charge is 2.28. The lowest BCUT2D eigenvalue weighted by molar-refractivity contribution is -0.129. The number of H-pyrrole nitrogens is 1. The minimum atomic E-state index is -0.0855. The summed E-state index contributed by atoms with van der Waals surface area (Å²) in [4.78, 5) is 33.9. The molecule has 2 aromatic heterocycles. The van der Waals surface area contributed by atoms with Gasteiger partial charge in [0.2, 0.25) is 5.91 Å². The fourth-order valence-electron chi connectivity index (χ4n) is 4.79. The van der Waals surface area contributed by atoms with Gasteiger partial charge < -0.3 is 4.90 Å². The van der Waals surface area contributed by atoms with Crippen LogP contribution in [-0.4, -0.2) is 43.4 Å². The Labute approximate surface area is 175 Å². The molecule has 5 rings (SSSR count). The largest absolute Gasteiger partial charge is 0.338 e. The number of carbonyl (C=O) groups excluding carboxylic acids is 1. The highest BCUT2D eigenvalue weighted by molar-refractivity contribution is 5.73. The molecule has 0 radical (unpaired) electrons. The van der Waals surface area contributed by atoms with Gasteiger partial charge in [-0.15, -0.1) is 0 Å². The number of likely N-dealkylation sites (tertiary alicyclic amines) is 1. The summed E-state index contributed by atoms with van der Waals surface area (Å²) < 4.78 is 1.56. The molecule has 7 heteroatoms. The SMILES string of the molecule is CC(=O)N1CCc2nc3cc([C@H]4CCCCN4Cc4ccccc4)[nH]n3c(=O)c2C1. The highest BCUT2D eigenvalue weighted by Crippen LogP contribution is 2.32. The number of rotatable bonds is 3. The number of carbonyl (C=O) groups is 1. The van der Waals surface area contributed by atoms with E-state index in [-0.39, 0.29) is 17.5 Å². The first-order valence-corrected chi connectivity index (χ1v) is 10.8. The zero-order valence-corrected chi connectivity index (χ0v) is 17.3. The Morgan fingerprint density at radius 3 is 2.83 bits per heavy atom. The van der Waals surface area contributed by atoms with Gasteiger partial charge in [0.15, 0.2) is 5.65 Å². The van der Waals surface area contributed by atoms with Crippen LogP contribution in [0.15, 0.2) is 41.2 Å².